The molecular weight excluding hydrogens is 462 g/mol. The van der Waals surface area contributed by atoms with Crippen LogP contribution in [-0.4, -0.2) is 33.4 Å². The van der Waals surface area contributed by atoms with Gasteiger partial charge in [-0.1, -0.05) is 18.6 Å². The summed E-state index contributed by atoms with van der Waals surface area (Å²) in [7, 11) is 0. The summed E-state index contributed by atoms with van der Waals surface area (Å²) in [5.41, 5.74) is 1.90. The van der Waals surface area contributed by atoms with Crippen LogP contribution < -0.4 is 14.8 Å². The lowest BCUT2D eigenvalue weighted by Gasteiger charge is -2.22. The summed E-state index contributed by atoms with van der Waals surface area (Å²) in [4.78, 5) is 27.7. The molecule has 1 aromatic heterocycles. The first-order chi connectivity index (χ1) is 16.6. The molecular formula is C25H24F2N2O6. The van der Waals surface area contributed by atoms with Crippen LogP contribution in [0.4, 0.5) is 8.78 Å². The molecule has 1 amide bonds. The van der Waals surface area contributed by atoms with Gasteiger partial charge >= 0.3 is 12.3 Å². The molecule has 0 aliphatic carbocycles. The van der Waals surface area contributed by atoms with Crippen molar-refractivity contribution in [3.05, 3.63) is 59.3 Å². The van der Waals surface area contributed by atoms with Crippen molar-refractivity contribution in [2.24, 2.45) is 0 Å². The van der Waals surface area contributed by atoms with E-state index in [0.29, 0.717) is 35.9 Å². The third-order valence-electron chi connectivity index (χ3n) is 5.77. The fourth-order valence-corrected chi connectivity index (χ4v) is 4.11. The molecule has 3 N–H and O–H groups in total. The highest BCUT2D eigenvalue weighted by molar-refractivity contribution is 5.89. The van der Waals surface area contributed by atoms with Gasteiger partial charge in [-0.05, 0) is 55.2 Å². The van der Waals surface area contributed by atoms with Gasteiger partial charge < -0.3 is 25.0 Å². The SMILES string of the molecule is Cc1cc(C(NC(=O)CCCCCC(=O)O)c2ccc3c(c2)OC(F)(F)O3)c(O)c2ncccc12. The Labute approximate surface area is 199 Å². The number of fused-ring (bicyclic) bond motifs is 2. The van der Waals surface area contributed by atoms with Crippen molar-refractivity contribution in [3.63, 3.8) is 0 Å². The Morgan fingerprint density at radius 2 is 1.83 bits per heavy atom. The molecule has 0 spiro atoms. The Morgan fingerprint density at radius 1 is 1.09 bits per heavy atom. The molecule has 1 unspecified atom stereocenters. The molecule has 0 radical (unpaired) electrons. The maximum absolute atomic E-state index is 13.5. The van der Waals surface area contributed by atoms with Gasteiger partial charge in [0.15, 0.2) is 11.5 Å². The fraction of sp³-hybridized carbons (Fsp3) is 0.320. The van der Waals surface area contributed by atoms with Crippen molar-refractivity contribution >= 4 is 22.8 Å². The maximum atomic E-state index is 13.5. The average Bonchev–Trinajstić information content (AvgIpc) is 3.12. The highest BCUT2D eigenvalue weighted by atomic mass is 19.3. The first kappa shape index (κ1) is 24.2. The molecule has 2 aromatic carbocycles. The number of unbranched alkanes of at least 4 members (excludes halogenated alkanes) is 2. The number of carbonyl (C=O) groups excluding carboxylic acids is 1. The minimum Gasteiger partial charge on any atom is -0.505 e. The van der Waals surface area contributed by atoms with Gasteiger partial charge in [0.2, 0.25) is 5.91 Å². The lowest BCUT2D eigenvalue weighted by atomic mass is 9.93. The number of aromatic hydroxyl groups is 1. The molecule has 0 saturated heterocycles. The number of phenolic OH excluding ortho intramolecular Hbond substituents is 1. The molecule has 2 heterocycles. The number of amides is 1. The molecule has 4 rings (SSSR count). The standard InChI is InChI=1S/C25H24F2N2O6/c1-14-12-17(24(33)23-16(14)6-5-11-28-23)22(29-20(30)7-3-2-4-8-21(31)32)15-9-10-18-19(13-15)35-25(26,27)34-18/h5-6,9-13,22,33H,2-4,7-8H2,1H3,(H,29,30)(H,31,32). The first-order valence-corrected chi connectivity index (χ1v) is 11.1. The second kappa shape index (κ2) is 9.73. The number of carboxylic acid groups (broad SMARTS) is 1. The molecule has 1 aliphatic rings. The highest BCUT2D eigenvalue weighted by Gasteiger charge is 2.43. The molecule has 0 saturated carbocycles. The van der Waals surface area contributed by atoms with Crippen molar-refractivity contribution in [3.8, 4) is 17.2 Å². The number of benzene rings is 2. The number of carboxylic acids is 1. The molecule has 184 valence electrons. The lowest BCUT2D eigenvalue weighted by molar-refractivity contribution is -0.286. The summed E-state index contributed by atoms with van der Waals surface area (Å²) in [5.74, 6) is -1.69. The second-order valence-corrected chi connectivity index (χ2v) is 8.36. The first-order valence-electron chi connectivity index (χ1n) is 11.1. The summed E-state index contributed by atoms with van der Waals surface area (Å²) in [6.07, 6.45) is -0.594. The van der Waals surface area contributed by atoms with E-state index in [1.807, 2.05) is 13.0 Å². The Kier molecular flexibility index (Phi) is 6.72. The second-order valence-electron chi connectivity index (χ2n) is 8.36. The number of aryl methyl sites for hydroxylation is 1. The summed E-state index contributed by atoms with van der Waals surface area (Å²) >= 11 is 0. The van der Waals surface area contributed by atoms with E-state index < -0.39 is 18.3 Å². The third kappa shape index (κ3) is 5.42. The van der Waals surface area contributed by atoms with Gasteiger partial charge in [0, 0.05) is 30.0 Å². The zero-order valence-corrected chi connectivity index (χ0v) is 18.9. The molecule has 10 heteroatoms. The number of nitrogens with one attached hydrogen (secondary N) is 1. The largest absolute Gasteiger partial charge is 0.586 e. The predicted molar refractivity (Wildman–Crippen MR) is 121 cm³/mol. The monoisotopic (exact) mass is 486 g/mol. The Balaban J connectivity index is 1.65. The van der Waals surface area contributed by atoms with Crippen molar-refractivity contribution in [2.45, 2.75) is 51.4 Å². The highest BCUT2D eigenvalue weighted by Crippen LogP contribution is 2.44. The number of hydrogen-bond donors (Lipinski definition) is 3. The smallest absolute Gasteiger partial charge is 0.505 e. The number of rotatable bonds is 9. The summed E-state index contributed by atoms with van der Waals surface area (Å²) in [6, 6.07) is 8.56. The maximum Gasteiger partial charge on any atom is 0.586 e. The predicted octanol–water partition coefficient (Wildman–Crippen LogP) is 4.81. The Hall–Kier alpha value is -3.95. The van der Waals surface area contributed by atoms with E-state index >= 15 is 0 Å². The zero-order chi connectivity index (χ0) is 25.2. The molecule has 3 aromatic rings. The van der Waals surface area contributed by atoms with Crippen molar-refractivity contribution < 1.29 is 38.1 Å². The van der Waals surface area contributed by atoms with Crippen LogP contribution >= 0.6 is 0 Å². The van der Waals surface area contributed by atoms with E-state index in [-0.39, 0.29) is 36.0 Å². The van der Waals surface area contributed by atoms with Gasteiger partial charge in [-0.2, -0.15) is 0 Å². The van der Waals surface area contributed by atoms with E-state index in [1.165, 1.54) is 18.2 Å². The van der Waals surface area contributed by atoms with E-state index in [9.17, 15) is 23.5 Å². The van der Waals surface area contributed by atoms with E-state index in [1.54, 1.807) is 18.3 Å². The van der Waals surface area contributed by atoms with Gasteiger partial charge in [-0.15, -0.1) is 8.78 Å². The van der Waals surface area contributed by atoms with Crippen LogP contribution in [0.2, 0.25) is 0 Å². The van der Waals surface area contributed by atoms with Gasteiger partial charge in [0.25, 0.3) is 0 Å². The number of phenols is 1. The van der Waals surface area contributed by atoms with Crippen LogP contribution in [0, 0.1) is 6.92 Å². The summed E-state index contributed by atoms with van der Waals surface area (Å²) in [6.45, 7) is 1.84. The number of halogens is 2. The van der Waals surface area contributed by atoms with Crippen LogP contribution in [0.15, 0.2) is 42.6 Å². The normalized spacial score (nSPS) is 14.6. The number of hydrogen-bond acceptors (Lipinski definition) is 6. The number of nitrogens with zero attached hydrogens (tertiary/aromatic N) is 1. The number of ether oxygens (including phenoxy) is 2. The topological polar surface area (TPSA) is 118 Å². The van der Waals surface area contributed by atoms with Crippen LogP contribution in [0.3, 0.4) is 0 Å². The number of aliphatic carboxylic acids is 1. The zero-order valence-electron chi connectivity index (χ0n) is 18.9. The van der Waals surface area contributed by atoms with E-state index in [4.69, 9.17) is 5.11 Å². The molecule has 35 heavy (non-hydrogen) atoms. The molecule has 1 atom stereocenters. The quantitative estimate of drug-likeness (QED) is 0.372. The number of carbonyl (C=O) groups is 2. The number of alkyl halides is 2. The van der Waals surface area contributed by atoms with Crippen LogP contribution in [-0.2, 0) is 9.59 Å². The number of aromatic nitrogens is 1. The van der Waals surface area contributed by atoms with Crippen molar-refractivity contribution in [1.82, 2.24) is 10.3 Å². The summed E-state index contributed by atoms with van der Waals surface area (Å²) in [5, 5.41) is 23.4. The molecule has 0 bridgehead atoms. The van der Waals surface area contributed by atoms with E-state index in [2.05, 4.69) is 19.8 Å². The van der Waals surface area contributed by atoms with Gasteiger partial charge in [0.1, 0.15) is 11.3 Å². The van der Waals surface area contributed by atoms with Gasteiger partial charge in [0.05, 0.1) is 6.04 Å². The molecule has 0 fully saturated rings. The van der Waals surface area contributed by atoms with Crippen LogP contribution in [0.25, 0.3) is 10.9 Å². The fourth-order valence-electron chi connectivity index (χ4n) is 4.11. The number of pyridine rings is 1. The molecule has 1 aliphatic heterocycles. The summed E-state index contributed by atoms with van der Waals surface area (Å²) < 4.78 is 36.1. The van der Waals surface area contributed by atoms with Gasteiger partial charge in [-0.25, -0.2) is 0 Å². The van der Waals surface area contributed by atoms with Gasteiger partial charge in [-0.3, -0.25) is 14.6 Å². The minimum atomic E-state index is -3.79. The van der Waals surface area contributed by atoms with Crippen molar-refractivity contribution in [2.75, 3.05) is 0 Å². The minimum absolute atomic E-state index is 0.0311. The van der Waals surface area contributed by atoms with Crippen molar-refractivity contribution in [1.29, 1.82) is 0 Å². The third-order valence-corrected chi connectivity index (χ3v) is 5.77. The van der Waals surface area contributed by atoms with Crippen LogP contribution in [0.1, 0.15) is 54.8 Å². The Morgan fingerprint density at radius 3 is 2.60 bits per heavy atom. The van der Waals surface area contributed by atoms with E-state index in [0.717, 1.165) is 10.9 Å². The lowest BCUT2D eigenvalue weighted by Crippen LogP contribution is -2.29. The molecule has 8 nitrogen and oxygen atoms in total. The van der Waals surface area contributed by atoms with Crippen LogP contribution in [0.5, 0.6) is 17.2 Å². The Bertz CT molecular complexity index is 1280. The average molecular weight is 486 g/mol.